The Labute approximate surface area is 153 Å². The Morgan fingerprint density at radius 3 is 2.96 bits per heavy atom. The summed E-state index contributed by atoms with van der Waals surface area (Å²) >= 11 is 6.58. The van der Waals surface area contributed by atoms with Crippen molar-refractivity contribution in [2.75, 3.05) is 27.3 Å². The summed E-state index contributed by atoms with van der Waals surface area (Å²) in [5.74, 6) is 1.29. The zero-order valence-corrected chi connectivity index (χ0v) is 15.5. The molecule has 0 radical (unpaired) electrons. The van der Waals surface area contributed by atoms with E-state index in [9.17, 15) is 0 Å². The van der Waals surface area contributed by atoms with E-state index in [4.69, 9.17) is 21.1 Å². The van der Waals surface area contributed by atoms with Crippen LogP contribution in [0, 0.1) is 0 Å². The van der Waals surface area contributed by atoms with Crippen LogP contribution in [0.1, 0.15) is 36.1 Å². The SMILES string of the molecule is COc1ccc(CN2CCCC3(CCc4cn[nH]c43)C2)c(Cl)c1OC. The highest BCUT2D eigenvalue weighted by Crippen LogP contribution is 2.44. The molecule has 5 nitrogen and oxygen atoms in total. The highest BCUT2D eigenvalue weighted by Gasteiger charge is 2.43. The van der Waals surface area contributed by atoms with Gasteiger partial charge in [-0.2, -0.15) is 5.10 Å². The molecule has 0 bridgehead atoms. The van der Waals surface area contributed by atoms with Gasteiger partial charge in [0.25, 0.3) is 0 Å². The number of halogens is 1. The Morgan fingerprint density at radius 1 is 1.28 bits per heavy atom. The molecule has 1 unspecified atom stereocenters. The van der Waals surface area contributed by atoms with E-state index in [1.165, 1.54) is 30.5 Å². The lowest BCUT2D eigenvalue weighted by atomic mass is 9.77. The van der Waals surface area contributed by atoms with Crippen molar-refractivity contribution in [2.24, 2.45) is 0 Å². The van der Waals surface area contributed by atoms with Crippen LogP contribution < -0.4 is 9.47 Å². The largest absolute Gasteiger partial charge is 0.493 e. The molecule has 1 aliphatic heterocycles. The smallest absolute Gasteiger partial charge is 0.179 e. The van der Waals surface area contributed by atoms with Crippen molar-refractivity contribution in [1.82, 2.24) is 15.1 Å². The summed E-state index contributed by atoms with van der Waals surface area (Å²) in [6.45, 7) is 2.97. The third kappa shape index (κ3) is 2.79. The molecule has 1 fully saturated rings. The van der Waals surface area contributed by atoms with Crippen LogP contribution in [0.4, 0.5) is 0 Å². The zero-order chi connectivity index (χ0) is 17.4. The van der Waals surface area contributed by atoms with Crippen molar-refractivity contribution in [2.45, 2.75) is 37.6 Å². The van der Waals surface area contributed by atoms with Gasteiger partial charge in [-0.15, -0.1) is 0 Å². The van der Waals surface area contributed by atoms with Crippen molar-refractivity contribution in [1.29, 1.82) is 0 Å². The molecule has 134 valence electrons. The monoisotopic (exact) mass is 361 g/mol. The van der Waals surface area contributed by atoms with Crippen LogP contribution in [0.5, 0.6) is 11.5 Å². The van der Waals surface area contributed by atoms with E-state index in [0.29, 0.717) is 16.5 Å². The highest BCUT2D eigenvalue weighted by atomic mass is 35.5. The maximum absolute atomic E-state index is 6.58. The third-order valence-corrected chi connectivity index (χ3v) is 6.15. The van der Waals surface area contributed by atoms with Gasteiger partial charge in [0.1, 0.15) is 0 Å². The summed E-state index contributed by atoms with van der Waals surface area (Å²) in [6, 6.07) is 3.98. The minimum absolute atomic E-state index is 0.229. The number of piperidine rings is 1. The van der Waals surface area contributed by atoms with Gasteiger partial charge in [-0.25, -0.2) is 0 Å². The number of hydrogen-bond donors (Lipinski definition) is 1. The second-order valence-corrected chi connectivity index (χ2v) is 7.52. The molecule has 1 aromatic heterocycles. The molecule has 1 aliphatic carbocycles. The van der Waals surface area contributed by atoms with Crippen LogP contribution in [0.2, 0.25) is 5.02 Å². The summed E-state index contributed by atoms with van der Waals surface area (Å²) in [5.41, 5.74) is 4.06. The van der Waals surface area contributed by atoms with Gasteiger partial charge in [0.05, 0.1) is 25.4 Å². The number of aryl methyl sites for hydroxylation is 1. The summed E-state index contributed by atoms with van der Waals surface area (Å²) in [6.07, 6.45) is 6.78. The molecular formula is C19H24ClN3O2. The third-order valence-electron chi connectivity index (χ3n) is 5.74. The number of aromatic amines is 1. The summed E-state index contributed by atoms with van der Waals surface area (Å²) in [4.78, 5) is 2.51. The first-order valence-electron chi connectivity index (χ1n) is 8.81. The highest BCUT2D eigenvalue weighted by molar-refractivity contribution is 6.33. The van der Waals surface area contributed by atoms with Gasteiger partial charge in [0.15, 0.2) is 11.5 Å². The van der Waals surface area contributed by atoms with Crippen LogP contribution in [-0.4, -0.2) is 42.4 Å². The van der Waals surface area contributed by atoms with E-state index < -0.39 is 0 Å². The molecule has 1 atom stereocenters. The number of likely N-dealkylation sites (tertiary alicyclic amines) is 1. The molecule has 1 aromatic carbocycles. The molecule has 1 spiro atoms. The lowest BCUT2D eigenvalue weighted by molar-refractivity contribution is 0.136. The summed E-state index contributed by atoms with van der Waals surface area (Å²) < 4.78 is 10.8. The first-order valence-corrected chi connectivity index (χ1v) is 9.19. The fraction of sp³-hybridized carbons (Fsp3) is 0.526. The van der Waals surface area contributed by atoms with Crippen molar-refractivity contribution in [3.05, 3.63) is 40.2 Å². The van der Waals surface area contributed by atoms with E-state index in [-0.39, 0.29) is 5.41 Å². The van der Waals surface area contributed by atoms with E-state index in [1.54, 1.807) is 14.2 Å². The minimum atomic E-state index is 0.229. The predicted molar refractivity (Wildman–Crippen MR) is 97.7 cm³/mol. The molecular weight excluding hydrogens is 338 g/mol. The molecule has 2 aromatic rings. The first-order chi connectivity index (χ1) is 12.2. The number of H-pyrrole nitrogens is 1. The van der Waals surface area contributed by atoms with Gasteiger partial charge in [-0.1, -0.05) is 17.7 Å². The summed E-state index contributed by atoms with van der Waals surface area (Å²) in [5, 5.41) is 8.18. The minimum Gasteiger partial charge on any atom is -0.493 e. The molecule has 25 heavy (non-hydrogen) atoms. The topological polar surface area (TPSA) is 50.4 Å². The summed E-state index contributed by atoms with van der Waals surface area (Å²) in [7, 11) is 3.26. The number of methoxy groups -OCH3 is 2. The normalized spacial score (nSPS) is 23.0. The van der Waals surface area contributed by atoms with Gasteiger partial charge < -0.3 is 9.47 Å². The average Bonchev–Trinajstić information content (AvgIpc) is 3.22. The molecule has 1 saturated heterocycles. The quantitative estimate of drug-likeness (QED) is 0.904. The molecule has 4 rings (SSSR count). The Hall–Kier alpha value is -1.72. The lowest BCUT2D eigenvalue weighted by Gasteiger charge is -2.40. The van der Waals surface area contributed by atoms with Crippen LogP contribution in [0.15, 0.2) is 18.3 Å². The fourth-order valence-corrected chi connectivity index (χ4v) is 4.82. The van der Waals surface area contributed by atoms with Crippen LogP contribution in [0.3, 0.4) is 0 Å². The van der Waals surface area contributed by atoms with Crippen molar-refractivity contribution in [3.63, 3.8) is 0 Å². The van der Waals surface area contributed by atoms with Crippen molar-refractivity contribution >= 4 is 11.6 Å². The average molecular weight is 362 g/mol. The lowest BCUT2D eigenvalue weighted by Crippen LogP contribution is -2.44. The molecule has 1 N–H and O–H groups in total. The molecule has 2 heterocycles. The van der Waals surface area contributed by atoms with Gasteiger partial charge in [-0.3, -0.25) is 10.00 Å². The zero-order valence-electron chi connectivity index (χ0n) is 14.8. The Balaban J connectivity index is 1.56. The van der Waals surface area contributed by atoms with Crippen LogP contribution >= 0.6 is 11.6 Å². The van der Waals surface area contributed by atoms with Crippen LogP contribution in [-0.2, 0) is 18.4 Å². The second-order valence-electron chi connectivity index (χ2n) is 7.14. The number of aromatic nitrogens is 2. The van der Waals surface area contributed by atoms with Crippen LogP contribution in [0.25, 0.3) is 0 Å². The van der Waals surface area contributed by atoms with Crippen molar-refractivity contribution < 1.29 is 9.47 Å². The van der Waals surface area contributed by atoms with Gasteiger partial charge in [-0.05, 0) is 49.4 Å². The maximum atomic E-state index is 6.58. The maximum Gasteiger partial charge on any atom is 0.179 e. The standard InChI is InChI=1S/C19H24ClN3O2/c1-24-15-5-4-14(16(20)17(15)25-2)11-23-9-3-7-19(12-23)8-6-13-10-21-22-18(13)19/h4-5,10H,3,6-9,11-12H2,1-2H3,(H,21,22). The van der Waals surface area contributed by atoms with E-state index >= 15 is 0 Å². The molecule has 0 amide bonds. The predicted octanol–water partition coefficient (Wildman–Crippen LogP) is 3.56. The van der Waals surface area contributed by atoms with E-state index in [2.05, 4.69) is 15.1 Å². The number of benzene rings is 1. The fourth-order valence-electron chi connectivity index (χ4n) is 4.52. The first kappa shape index (κ1) is 16.7. The number of rotatable bonds is 4. The van der Waals surface area contributed by atoms with Gasteiger partial charge in [0, 0.05) is 24.2 Å². The number of ether oxygens (including phenoxy) is 2. The van der Waals surface area contributed by atoms with Crippen molar-refractivity contribution in [3.8, 4) is 11.5 Å². The molecule has 6 heteroatoms. The molecule has 2 aliphatic rings. The number of fused-ring (bicyclic) bond motifs is 2. The Bertz CT molecular complexity index is 776. The molecule has 0 saturated carbocycles. The number of hydrogen-bond acceptors (Lipinski definition) is 4. The van der Waals surface area contributed by atoms with Gasteiger partial charge >= 0.3 is 0 Å². The van der Waals surface area contributed by atoms with Gasteiger partial charge in [0.2, 0.25) is 0 Å². The second kappa shape index (κ2) is 6.54. The number of nitrogens with one attached hydrogen (secondary N) is 1. The van der Waals surface area contributed by atoms with E-state index in [1.807, 2.05) is 18.3 Å². The number of nitrogens with zero attached hydrogens (tertiary/aromatic N) is 2. The van der Waals surface area contributed by atoms with E-state index in [0.717, 1.165) is 31.6 Å². The Morgan fingerprint density at radius 2 is 2.16 bits per heavy atom. The Kier molecular flexibility index (Phi) is 4.38.